The van der Waals surface area contributed by atoms with Gasteiger partial charge in [-0.25, -0.2) is 4.98 Å². The van der Waals surface area contributed by atoms with Crippen LogP contribution in [0.1, 0.15) is 62.7 Å². The third-order valence-electron chi connectivity index (χ3n) is 4.65. The number of aliphatic carboxylic acids is 1. The lowest BCUT2D eigenvalue weighted by atomic mass is 10.0. The maximum Gasteiger partial charge on any atom is 0.345 e. The van der Waals surface area contributed by atoms with Crippen LogP contribution in [0.2, 0.25) is 0 Å². The lowest BCUT2D eigenvalue weighted by molar-refractivity contribution is -0.137. The Morgan fingerprint density at radius 2 is 1.83 bits per heavy atom. The lowest BCUT2D eigenvalue weighted by Gasteiger charge is -2.22. The van der Waals surface area contributed by atoms with Crippen LogP contribution in [0.5, 0.6) is 0 Å². The zero-order chi connectivity index (χ0) is 22.0. The molecule has 0 spiro atoms. The van der Waals surface area contributed by atoms with Crippen molar-refractivity contribution in [3.05, 3.63) is 53.2 Å². The summed E-state index contributed by atoms with van der Waals surface area (Å²) >= 11 is 0. The van der Waals surface area contributed by atoms with Gasteiger partial charge in [-0.1, -0.05) is 44.5 Å². The highest BCUT2D eigenvalue weighted by molar-refractivity contribution is 7.55. The molecular formula is C22H32NO6P. The van der Waals surface area contributed by atoms with Crippen molar-refractivity contribution >= 4 is 13.6 Å². The Kier molecular flexibility index (Phi) is 9.76. The van der Waals surface area contributed by atoms with Crippen LogP contribution < -0.4 is 0 Å². The molecule has 0 fully saturated rings. The summed E-state index contributed by atoms with van der Waals surface area (Å²) < 4.78 is 29.1. The Hall–Kier alpha value is -1.95. The van der Waals surface area contributed by atoms with Gasteiger partial charge < -0.3 is 18.6 Å². The van der Waals surface area contributed by atoms with E-state index in [1.165, 1.54) is 24.7 Å². The van der Waals surface area contributed by atoms with Crippen molar-refractivity contribution in [2.45, 2.75) is 65.0 Å². The van der Waals surface area contributed by atoms with Crippen LogP contribution in [-0.4, -0.2) is 34.9 Å². The molecule has 0 aliphatic carbocycles. The van der Waals surface area contributed by atoms with Crippen LogP contribution in [0.15, 0.2) is 34.9 Å². The zero-order valence-corrected chi connectivity index (χ0v) is 18.9. The van der Waals surface area contributed by atoms with E-state index in [2.05, 4.69) is 36.2 Å². The first-order valence-corrected chi connectivity index (χ1v) is 12.2. The second kappa shape index (κ2) is 12.0. The third-order valence-corrected chi connectivity index (χ3v) is 6.97. The lowest BCUT2D eigenvalue weighted by Crippen LogP contribution is -2.26. The molecule has 1 N–H and O–H groups in total. The van der Waals surface area contributed by atoms with Gasteiger partial charge in [-0.15, -0.1) is 0 Å². The molecule has 2 atom stereocenters. The molecule has 8 heteroatoms. The SMILES string of the molecule is CCCCc1ccc(Cc2coc(CC(C(=O)O)P(=O)(OCC)OCCC)n2)cc1. The van der Waals surface area contributed by atoms with Gasteiger partial charge in [0.25, 0.3) is 0 Å². The molecule has 0 aliphatic heterocycles. The van der Waals surface area contributed by atoms with Crippen LogP contribution in [0, 0.1) is 0 Å². The van der Waals surface area contributed by atoms with Crippen molar-refractivity contribution in [1.29, 1.82) is 0 Å². The summed E-state index contributed by atoms with van der Waals surface area (Å²) in [4.78, 5) is 16.2. The number of hydrogen-bond acceptors (Lipinski definition) is 6. The molecular weight excluding hydrogens is 405 g/mol. The molecule has 0 bridgehead atoms. The van der Waals surface area contributed by atoms with Crippen LogP contribution in [-0.2, 0) is 37.7 Å². The molecule has 1 aromatic carbocycles. The number of carbonyl (C=O) groups is 1. The predicted molar refractivity (Wildman–Crippen MR) is 115 cm³/mol. The first-order chi connectivity index (χ1) is 14.4. The second-order valence-electron chi connectivity index (χ2n) is 7.18. The van der Waals surface area contributed by atoms with E-state index >= 15 is 0 Å². The molecule has 2 unspecified atom stereocenters. The standard InChI is InChI=1S/C22H32NO6P/c1-4-7-8-17-9-11-18(12-10-17)14-19-16-27-21(23-19)15-20(22(24)25)30(26,28-6-3)29-13-5-2/h9-12,16,20H,4-8,13-15H2,1-3H3,(H,24,25). The normalized spacial score (nSPS) is 14.4. The first kappa shape index (κ1) is 24.3. The third kappa shape index (κ3) is 7.08. The van der Waals surface area contributed by atoms with Crippen molar-refractivity contribution in [1.82, 2.24) is 4.98 Å². The van der Waals surface area contributed by atoms with Gasteiger partial charge >= 0.3 is 13.6 Å². The second-order valence-corrected chi connectivity index (χ2v) is 9.40. The Balaban J connectivity index is 2.07. The summed E-state index contributed by atoms with van der Waals surface area (Å²) in [6.07, 6.45) is 5.94. The Morgan fingerprint density at radius 1 is 1.13 bits per heavy atom. The van der Waals surface area contributed by atoms with Crippen LogP contribution >= 0.6 is 7.60 Å². The van der Waals surface area contributed by atoms with Crippen molar-refractivity contribution in [2.24, 2.45) is 0 Å². The summed E-state index contributed by atoms with van der Waals surface area (Å²) in [7, 11) is -3.84. The fraction of sp³-hybridized carbons (Fsp3) is 0.545. The van der Waals surface area contributed by atoms with Gasteiger partial charge in [0.15, 0.2) is 11.5 Å². The monoisotopic (exact) mass is 437 g/mol. The highest BCUT2D eigenvalue weighted by atomic mass is 31.2. The van der Waals surface area contributed by atoms with Crippen molar-refractivity contribution in [2.75, 3.05) is 13.2 Å². The number of nitrogens with zero attached hydrogens (tertiary/aromatic N) is 1. The van der Waals surface area contributed by atoms with Gasteiger partial charge in [0.1, 0.15) is 6.26 Å². The summed E-state index contributed by atoms with van der Waals surface area (Å²) in [5, 5.41) is 9.62. The fourth-order valence-electron chi connectivity index (χ4n) is 3.05. The zero-order valence-electron chi connectivity index (χ0n) is 18.0. The average molecular weight is 437 g/mol. The summed E-state index contributed by atoms with van der Waals surface area (Å²) in [5.74, 6) is -1.05. The summed E-state index contributed by atoms with van der Waals surface area (Å²) in [5.41, 5.74) is 1.73. The minimum atomic E-state index is -3.84. The quantitative estimate of drug-likeness (QED) is 0.403. The minimum Gasteiger partial charge on any atom is -0.481 e. The predicted octanol–water partition coefficient (Wildman–Crippen LogP) is 5.26. The molecule has 7 nitrogen and oxygen atoms in total. The molecule has 1 heterocycles. The summed E-state index contributed by atoms with van der Waals surface area (Å²) in [6, 6.07) is 8.38. The Bertz CT molecular complexity index is 832. The van der Waals surface area contributed by atoms with Crippen LogP contribution in [0.3, 0.4) is 0 Å². The Morgan fingerprint density at radius 3 is 2.43 bits per heavy atom. The van der Waals surface area contributed by atoms with Gasteiger partial charge in [0.2, 0.25) is 0 Å². The number of oxazole rings is 1. The number of rotatable bonds is 14. The molecule has 0 radical (unpaired) electrons. The van der Waals surface area contributed by atoms with E-state index in [1.807, 2.05) is 6.92 Å². The molecule has 1 aromatic heterocycles. The van der Waals surface area contributed by atoms with E-state index < -0.39 is 19.2 Å². The van der Waals surface area contributed by atoms with Crippen molar-refractivity contribution < 1.29 is 27.9 Å². The molecule has 166 valence electrons. The highest BCUT2D eigenvalue weighted by Gasteiger charge is 2.42. The number of unbranched alkanes of at least 4 members (excludes halogenated alkanes) is 1. The van der Waals surface area contributed by atoms with Crippen LogP contribution in [0.25, 0.3) is 0 Å². The maximum atomic E-state index is 13.0. The molecule has 0 saturated heterocycles. The molecule has 2 aromatic rings. The van der Waals surface area contributed by atoms with Gasteiger partial charge in [0.05, 0.1) is 18.9 Å². The number of benzene rings is 1. The molecule has 30 heavy (non-hydrogen) atoms. The minimum absolute atomic E-state index is 0.0931. The fourth-order valence-corrected chi connectivity index (χ4v) is 4.93. The van der Waals surface area contributed by atoms with E-state index in [9.17, 15) is 14.5 Å². The number of hydrogen-bond donors (Lipinski definition) is 1. The summed E-state index contributed by atoms with van der Waals surface area (Å²) in [6.45, 7) is 5.93. The van der Waals surface area contributed by atoms with Crippen LogP contribution in [0.4, 0.5) is 0 Å². The van der Waals surface area contributed by atoms with E-state index in [-0.39, 0.29) is 25.5 Å². The number of carboxylic acids is 1. The largest absolute Gasteiger partial charge is 0.481 e. The molecule has 0 saturated carbocycles. The highest BCUT2D eigenvalue weighted by Crippen LogP contribution is 2.54. The Labute approximate surface area is 178 Å². The first-order valence-electron chi connectivity index (χ1n) is 10.5. The van der Waals surface area contributed by atoms with E-state index in [4.69, 9.17) is 13.5 Å². The van der Waals surface area contributed by atoms with Gasteiger partial charge in [-0.3, -0.25) is 9.36 Å². The molecule has 0 aliphatic rings. The van der Waals surface area contributed by atoms with Crippen molar-refractivity contribution in [3.63, 3.8) is 0 Å². The molecule has 0 amide bonds. The van der Waals surface area contributed by atoms with Gasteiger partial charge in [0, 0.05) is 12.8 Å². The van der Waals surface area contributed by atoms with Crippen molar-refractivity contribution in [3.8, 4) is 0 Å². The maximum absolute atomic E-state index is 13.0. The molecule has 2 rings (SSSR count). The smallest absolute Gasteiger partial charge is 0.345 e. The topological polar surface area (TPSA) is 98.9 Å². The van der Waals surface area contributed by atoms with E-state index in [1.54, 1.807) is 6.92 Å². The number of aromatic nitrogens is 1. The van der Waals surface area contributed by atoms with Gasteiger partial charge in [-0.2, -0.15) is 0 Å². The number of carboxylic acid groups (broad SMARTS) is 1. The number of aryl methyl sites for hydroxylation is 1. The van der Waals surface area contributed by atoms with E-state index in [0.717, 1.165) is 12.0 Å². The van der Waals surface area contributed by atoms with Gasteiger partial charge in [-0.05, 0) is 37.3 Å². The van der Waals surface area contributed by atoms with E-state index in [0.29, 0.717) is 18.5 Å². The average Bonchev–Trinajstić information content (AvgIpc) is 3.17.